The summed E-state index contributed by atoms with van der Waals surface area (Å²) in [6.07, 6.45) is 0. The van der Waals surface area contributed by atoms with Crippen molar-refractivity contribution >= 4 is 50.5 Å². The van der Waals surface area contributed by atoms with Crippen molar-refractivity contribution in [3.8, 4) is 0 Å². The average molecular weight is 393 g/mol. The molecule has 9 heteroatoms. The van der Waals surface area contributed by atoms with Gasteiger partial charge < -0.3 is 5.32 Å². The summed E-state index contributed by atoms with van der Waals surface area (Å²) in [6, 6.07) is 7.71. The van der Waals surface area contributed by atoms with Crippen LogP contribution in [-0.2, 0) is 16.6 Å². The lowest BCUT2D eigenvalue weighted by Crippen LogP contribution is -2.25. The minimum atomic E-state index is -3.72. The molecule has 0 saturated carbocycles. The zero-order valence-corrected chi connectivity index (χ0v) is 15.5. The van der Waals surface area contributed by atoms with E-state index in [1.165, 1.54) is 43.6 Å². The van der Waals surface area contributed by atoms with E-state index in [-0.39, 0.29) is 21.4 Å². The zero-order valence-electron chi connectivity index (χ0n) is 12.3. The van der Waals surface area contributed by atoms with E-state index >= 15 is 0 Å². The van der Waals surface area contributed by atoms with Gasteiger partial charge in [0, 0.05) is 24.5 Å². The molecule has 0 aliphatic carbocycles. The maximum atomic E-state index is 12.2. The lowest BCUT2D eigenvalue weighted by Gasteiger charge is -2.13. The maximum Gasteiger partial charge on any atom is 0.251 e. The van der Waals surface area contributed by atoms with Crippen LogP contribution in [-0.4, -0.2) is 32.7 Å². The van der Waals surface area contributed by atoms with Crippen molar-refractivity contribution in [1.29, 1.82) is 0 Å². The van der Waals surface area contributed by atoms with Crippen molar-refractivity contribution < 1.29 is 13.2 Å². The standard InChI is InChI=1S/C14H14Cl2N2O3S2/c1-18(2)23(20,21)12-7-9(3-5-11(12)15)14(19)17-8-10-4-6-13(16)22-10/h3-7H,8H2,1-2H3,(H,17,19). The van der Waals surface area contributed by atoms with Crippen LogP contribution in [0.25, 0.3) is 0 Å². The number of amides is 1. The third-order valence-corrected chi connectivity index (χ3v) is 6.53. The van der Waals surface area contributed by atoms with Gasteiger partial charge in [0.25, 0.3) is 5.91 Å². The lowest BCUT2D eigenvalue weighted by molar-refractivity contribution is 0.0951. The highest BCUT2D eigenvalue weighted by Crippen LogP contribution is 2.25. The van der Waals surface area contributed by atoms with E-state index in [4.69, 9.17) is 23.2 Å². The Hall–Kier alpha value is -1.12. The lowest BCUT2D eigenvalue weighted by atomic mass is 10.2. The molecular weight excluding hydrogens is 379 g/mol. The number of hydrogen-bond donors (Lipinski definition) is 1. The van der Waals surface area contributed by atoms with Crippen molar-refractivity contribution in [3.05, 3.63) is 50.1 Å². The summed E-state index contributed by atoms with van der Waals surface area (Å²) >= 11 is 13.2. The number of halogens is 2. The summed E-state index contributed by atoms with van der Waals surface area (Å²) in [5.74, 6) is -0.388. The molecule has 0 saturated heterocycles. The predicted molar refractivity (Wildman–Crippen MR) is 92.8 cm³/mol. The zero-order chi connectivity index (χ0) is 17.2. The molecule has 0 fully saturated rings. The maximum absolute atomic E-state index is 12.2. The van der Waals surface area contributed by atoms with Crippen LogP contribution in [0.5, 0.6) is 0 Å². The van der Waals surface area contributed by atoms with E-state index in [2.05, 4.69) is 5.32 Å². The van der Waals surface area contributed by atoms with Crippen LogP contribution in [0.3, 0.4) is 0 Å². The quantitative estimate of drug-likeness (QED) is 0.848. The second-order valence-corrected chi connectivity index (χ2v) is 9.15. The van der Waals surface area contributed by atoms with Gasteiger partial charge in [0.15, 0.2) is 0 Å². The molecule has 2 rings (SSSR count). The molecule has 1 N–H and O–H groups in total. The molecule has 1 aromatic carbocycles. The van der Waals surface area contributed by atoms with Gasteiger partial charge in [0.2, 0.25) is 10.0 Å². The molecule has 0 aliphatic heterocycles. The number of carbonyl (C=O) groups excluding carboxylic acids is 1. The summed E-state index contributed by atoms with van der Waals surface area (Å²) in [4.78, 5) is 13.0. The molecule has 1 heterocycles. The SMILES string of the molecule is CN(C)S(=O)(=O)c1cc(C(=O)NCc2ccc(Cl)s2)ccc1Cl. The third-order valence-electron chi connectivity index (χ3n) is 3.00. The predicted octanol–water partition coefficient (Wildman–Crippen LogP) is 3.24. The topological polar surface area (TPSA) is 66.5 Å². The van der Waals surface area contributed by atoms with Crippen molar-refractivity contribution in [2.75, 3.05) is 14.1 Å². The van der Waals surface area contributed by atoms with Gasteiger partial charge in [-0.1, -0.05) is 23.2 Å². The van der Waals surface area contributed by atoms with Crippen molar-refractivity contribution in [2.24, 2.45) is 0 Å². The normalized spacial score (nSPS) is 11.7. The fraction of sp³-hybridized carbons (Fsp3) is 0.214. The van der Waals surface area contributed by atoms with Crippen LogP contribution < -0.4 is 5.32 Å². The van der Waals surface area contributed by atoms with Crippen LogP contribution in [0.4, 0.5) is 0 Å². The highest BCUT2D eigenvalue weighted by Gasteiger charge is 2.22. The van der Waals surface area contributed by atoms with Gasteiger partial charge in [-0.15, -0.1) is 11.3 Å². The number of hydrogen-bond acceptors (Lipinski definition) is 4. The molecule has 1 aromatic heterocycles. The number of nitrogens with zero attached hydrogens (tertiary/aromatic N) is 1. The Kier molecular flexibility index (Phi) is 5.70. The number of sulfonamides is 1. The molecule has 23 heavy (non-hydrogen) atoms. The minimum Gasteiger partial charge on any atom is -0.347 e. The van der Waals surface area contributed by atoms with E-state index in [1.807, 2.05) is 6.07 Å². The highest BCUT2D eigenvalue weighted by molar-refractivity contribution is 7.89. The highest BCUT2D eigenvalue weighted by atomic mass is 35.5. The van der Waals surface area contributed by atoms with E-state index in [0.717, 1.165) is 9.18 Å². The monoisotopic (exact) mass is 392 g/mol. The molecule has 0 atom stereocenters. The summed E-state index contributed by atoms with van der Waals surface area (Å²) in [6.45, 7) is 0.314. The van der Waals surface area contributed by atoms with E-state index in [9.17, 15) is 13.2 Å². The largest absolute Gasteiger partial charge is 0.347 e. The molecule has 0 spiro atoms. The van der Waals surface area contributed by atoms with E-state index in [0.29, 0.717) is 10.9 Å². The van der Waals surface area contributed by atoms with Crippen molar-refractivity contribution in [2.45, 2.75) is 11.4 Å². The van der Waals surface area contributed by atoms with Gasteiger partial charge in [-0.25, -0.2) is 12.7 Å². The van der Waals surface area contributed by atoms with Gasteiger partial charge in [-0.05, 0) is 30.3 Å². The Balaban J connectivity index is 2.21. The Labute approximate surface area is 148 Å². The fourth-order valence-electron chi connectivity index (χ4n) is 1.76. The van der Waals surface area contributed by atoms with Crippen molar-refractivity contribution in [3.63, 3.8) is 0 Å². The Morgan fingerprint density at radius 1 is 1.22 bits per heavy atom. The van der Waals surface area contributed by atoms with Crippen LogP contribution in [0.2, 0.25) is 9.36 Å². The summed E-state index contributed by atoms with van der Waals surface area (Å²) in [7, 11) is -0.918. The Morgan fingerprint density at radius 3 is 2.48 bits per heavy atom. The second-order valence-electron chi connectivity index (χ2n) is 4.82. The number of thiophene rings is 1. The first-order chi connectivity index (χ1) is 10.7. The third kappa shape index (κ3) is 4.24. The Bertz CT molecular complexity index is 832. The summed E-state index contributed by atoms with van der Waals surface area (Å²) in [5, 5.41) is 2.79. The van der Waals surface area contributed by atoms with Gasteiger partial charge in [0.1, 0.15) is 4.90 Å². The first kappa shape index (κ1) is 18.2. The summed E-state index contributed by atoms with van der Waals surface area (Å²) < 4.78 is 26.1. The first-order valence-corrected chi connectivity index (χ1v) is 9.47. The minimum absolute atomic E-state index is 0.0697. The molecular formula is C14H14Cl2N2O3S2. The van der Waals surface area contributed by atoms with Crippen LogP contribution in [0.1, 0.15) is 15.2 Å². The number of benzene rings is 1. The number of carbonyl (C=O) groups is 1. The van der Waals surface area contributed by atoms with Crippen molar-refractivity contribution in [1.82, 2.24) is 9.62 Å². The Morgan fingerprint density at radius 2 is 1.91 bits per heavy atom. The van der Waals surface area contributed by atoms with E-state index in [1.54, 1.807) is 6.07 Å². The smallest absolute Gasteiger partial charge is 0.251 e. The summed E-state index contributed by atoms with van der Waals surface area (Å²) in [5.41, 5.74) is 0.220. The molecule has 0 unspecified atom stereocenters. The first-order valence-electron chi connectivity index (χ1n) is 6.46. The van der Waals surface area contributed by atoms with Gasteiger partial charge in [-0.3, -0.25) is 4.79 Å². The van der Waals surface area contributed by atoms with Crippen LogP contribution >= 0.6 is 34.5 Å². The van der Waals surface area contributed by atoms with Gasteiger partial charge >= 0.3 is 0 Å². The van der Waals surface area contributed by atoms with Crippen LogP contribution in [0.15, 0.2) is 35.2 Å². The number of rotatable bonds is 5. The second kappa shape index (κ2) is 7.19. The molecule has 1 amide bonds. The fourth-order valence-corrected chi connectivity index (χ4v) is 4.18. The molecule has 124 valence electrons. The van der Waals surface area contributed by atoms with Crippen LogP contribution in [0, 0.1) is 0 Å². The molecule has 0 bridgehead atoms. The van der Waals surface area contributed by atoms with Gasteiger partial charge in [-0.2, -0.15) is 0 Å². The molecule has 5 nitrogen and oxygen atoms in total. The number of nitrogens with one attached hydrogen (secondary N) is 1. The van der Waals surface area contributed by atoms with Gasteiger partial charge in [0.05, 0.1) is 15.9 Å². The average Bonchev–Trinajstić information content (AvgIpc) is 2.90. The molecule has 2 aromatic rings. The molecule has 0 radical (unpaired) electrons. The van der Waals surface area contributed by atoms with E-state index < -0.39 is 10.0 Å². The molecule has 0 aliphatic rings.